The second-order valence-electron chi connectivity index (χ2n) is 7.09. The highest BCUT2D eigenvalue weighted by Gasteiger charge is 2.26. The Kier molecular flexibility index (Phi) is 5.67. The van der Waals surface area contributed by atoms with Crippen LogP contribution in [0.4, 0.5) is 0 Å². The molecule has 1 N–H and O–H groups in total. The minimum atomic E-state index is 0.466. The van der Waals surface area contributed by atoms with Crippen molar-refractivity contribution < 1.29 is 4.42 Å². The lowest BCUT2D eigenvalue weighted by Gasteiger charge is -2.29. The molecule has 20 heavy (non-hydrogen) atoms. The number of nitrogens with one attached hydrogen (secondary N) is 1. The van der Waals surface area contributed by atoms with Crippen LogP contribution in [-0.2, 0) is 6.54 Å². The molecular formula is C17H30N2O. The maximum atomic E-state index is 5.32. The van der Waals surface area contributed by atoms with Crippen LogP contribution in [0.3, 0.4) is 0 Å². The first-order chi connectivity index (χ1) is 9.55. The van der Waals surface area contributed by atoms with Crippen LogP contribution >= 0.6 is 0 Å². The molecule has 2 heterocycles. The fourth-order valence-electron chi connectivity index (χ4n) is 3.11. The van der Waals surface area contributed by atoms with Crippen molar-refractivity contribution in [2.24, 2.45) is 11.3 Å². The van der Waals surface area contributed by atoms with Gasteiger partial charge in [-0.15, -0.1) is 0 Å². The third-order valence-corrected chi connectivity index (χ3v) is 4.53. The number of furan rings is 1. The highest BCUT2D eigenvalue weighted by atomic mass is 16.3. The Morgan fingerprint density at radius 3 is 2.85 bits per heavy atom. The Morgan fingerprint density at radius 2 is 2.15 bits per heavy atom. The van der Waals surface area contributed by atoms with E-state index >= 15 is 0 Å². The molecule has 3 heteroatoms. The van der Waals surface area contributed by atoms with E-state index < -0.39 is 0 Å². The average molecular weight is 278 g/mol. The molecule has 1 atom stereocenters. The normalized spacial score (nSPS) is 21.9. The molecule has 0 aromatic carbocycles. The molecule has 1 aromatic rings. The summed E-state index contributed by atoms with van der Waals surface area (Å²) in [5, 5.41) is 3.46. The van der Waals surface area contributed by atoms with Gasteiger partial charge in [-0.1, -0.05) is 20.8 Å². The maximum Gasteiger partial charge on any atom is 0.117 e. The van der Waals surface area contributed by atoms with Crippen molar-refractivity contribution in [1.29, 1.82) is 0 Å². The minimum absolute atomic E-state index is 0.466. The predicted molar refractivity (Wildman–Crippen MR) is 83.7 cm³/mol. The third-order valence-electron chi connectivity index (χ3n) is 4.53. The van der Waals surface area contributed by atoms with Gasteiger partial charge in [0.25, 0.3) is 0 Å². The summed E-state index contributed by atoms with van der Waals surface area (Å²) in [7, 11) is 0. The number of nitrogens with zero attached hydrogens (tertiary/aromatic N) is 1. The molecule has 0 spiro atoms. The van der Waals surface area contributed by atoms with E-state index in [1.165, 1.54) is 32.4 Å². The summed E-state index contributed by atoms with van der Waals surface area (Å²) in [5.41, 5.74) is 0.466. The summed E-state index contributed by atoms with van der Waals surface area (Å²) in [6.45, 7) is 12.7. The largest absolute Gasteiger partial charge is 0.468 e. The Hall–Kier alpha value is -0.800. The van der Waals surface area contributed by atoms with Crippen LogP contribution in [0.1, 0.15) is 45.8 Å². The Labute approximate surface area is 123 Å². The molecule has 0 radical (unpaired) electrons. The molecule has 1 fully saturated rings. The molecule has 1 saturated heterocycles. The molecule has 2 rings (SSSR count). The summed E-state index contributed by atoms with van der Waals surface area (Å²) >= 11 is 0. The quantitative estimate of drug-likeness (QED) is 0.835. The summed E-state index contributed by atoms with van der Waals surface area (Å²) < 4.78 is 5.32. The lowest BCUT2D eigenvalue weighted by atomic mass is 9.77. The fraction of sp³-hybridized carbons (Fsp3) is 0.765. The van der Waals surface area contributed by atoms with Gasteiger partial charge in [-0.05, 0) is 55.8 Å². The van der Waals surface area contributed by atoms with Gasteiger partial charge in [-0.3, -0.25) is 0 Å². The lowest BCUT2D eigenvalue weighted by molar-refractivity contribution is 0.208. The lowest BCUT2D eigenvalue weighted by Crippen LogP contribution is -2.33. The van der Waals surface area contributed by atoms with Crippen molar-refractivity contribution >= 4 is 0 Å². The molecule has 0 bridgehead atoms. The zero-order valence-electron chi connectivity index (χ0n) is 13.3. The highest BCUT2D eigenvalue weighted by Crippen LogP contribution is 2.34. The molecule has 1 aliphatic rings. The van der Waals surface area contributed by atoms with E-state index in [0.29, 0.717) is 5.41 Å². The van der Waals surface area contributed by atoms with E-state index in [1.54, 1.807) is 6.26 Å². The Morgan fingerprint density at radius 1 is 1.30 bits per heavy atom. The number of hydrogen-bond acceptors (Lipinski definition) is 3. The maximum absolute atomic E-state index is 5.32. The molecule has 3 nitrogen and oxygen atoms in total. The molecule has 0 saturated carbocycles. The molecule has 1 aromatic heterocycles. The number of rotatable bonds is 5. The van der Waals surface area contributed by atoms with Gasteiger partial charge in [0.15, 0.2) is 0 Å². The van der Waals surface area contributed by atoms with Crippen molar-refractivity contribution in [3.8, 4) is 0 Å². The zero-order chi connectivity index (χ0) is 14.4. The van der Waals surface area contributed by atoms with Crippen LogP contribution in [0.25, 0.3) is 0 Å². The summed E-state index contributed by atoms with van der Waals surface area (Å²) in [6.07, 6.45) is 5.82. The monoisotopic (exact) mass is 278 g/mol. The van der Waals surface area contributed by atoms with E-state index in [4.69, 9.17) is 4.42 Å². The van der Waals surface area contributed by atoms with Gasteiger partial charge in [0, 0.05) is 13.1 Å². The van der Waals surface area contributed by atoms with E-state index in [-0.39, 0.29) is 0 Å². The number of hydrogen-bond donors (Lipinski definition) is 1. The zero-order valence-corrected chi connectivity index (χ0v) is 13.3. The number of likely N-dealkylation sites (tertiary alicyclic amines) is 1. The van der Waals surface area contributed by atoms with E-state index in [2.05, 4.69) is 31.0 Å². The third kappa shape index (κ3) is 4.95. The fourth-order valence-corrected chi connectivity index (χ4v) is 3.11. The van der Waals surface area contributed by atoms with Crippen LogP contribution < -0.4 is 5.32 Å². The van der Waals surface area contributed by atoms with Gasteiger partial charge in [0.05, 0.1) is 12.8 Å². The van der Waals surface area contributed by atoms with Crippen LogP contribution in [0.15, 0.2) is 22.8 Å². The van der Waals surface area contributed by atoms with Crippen LogP contribution in [0.5, 0.6) is 0 Å². The summed E-state index contributed by atoms with van der Waals surface area (Å²) in [6, 6.07) is 3.96. The van der Waals surface area contributed by atoms with Crippen molar-refractivity contribution in [2.75, 3.05) is 26.2 Å². The second-order valence-corrected chi connectivity index (χ2v) is 7.09. The highest BCUT2D eigenvalue weighted by molar-refractivity contribution is 4.97. The second kappa shape index (κ2) is 7.28. The van der Waals surface area contributed by atoms with Gasteiger partial charge in [0.1, 0.15) is 5.76 Å². The van der Waals surface area contributed by atoms with Gasteiger partial charge < -0.3 is 14.6 Å². The van der Waals surface area contributed by atoms with E-state index in [1.807, 2.05) is 12.1 Å². The first-order valence-corrected chi connectivity index (χ1v) is 8.01. The molecule has 0 aliphatic carbocycles. The van der Waals surface area contributed by atoms with E-state index in [0.717, 1.165) is 31.3 Å². The molecule has 0 amide bonds. The van der Waals surface area contributed by atoms with Crippen molar-refractivity contribution in [3.05, 3.63) is 24.2 Å². The molecule has 1 unspecified atom stereocenters. The Bertz CT molecular complexity index is 367. The van der Waals surface area contributed by atoms with Crippen molar-refractivity contribution in [1.82, 2.24) is 10.2 Å². The summed E-state index contributed by atoms with van der Waals surface area (Å²) in [5.74, 6) is 1.90. The first-order valence-electron chi connectivity index (χ1n) is 8.01. The molecule has 1 aliphatic heterocycles. The van der Waals surface area contributed by atoms with Gasteiger partial charge >= 0.3 is 0 Å². The Balaban J connectivity index is 1.64. The topological polar surface area (TPSA) is 28.4 Å². The van der Waals surface area contributed by atoms with Gasteiger partial charge in [-0.25, -0.2) is 0 Å². The average Bonchev–Trinajstić information content (AvgIpc) is 2.77. The van der Waals surface area contributed by atoms with Crippen LogP contribution in [0, 0.1) is 11.3 Å². The summed E-state index contributed by atoms with van der Waals surface area (Å²) in [4.78, 5) is 2.61. The first kappa shape index (κ1) is 15.6. The van der Waals surface area contributed by atoms with Crippen molar-refractivity contribution in [3.63, 3.8) is 0 Å². The standard InChI is InChI=1S/C17H30N2O/c1-17(2,3)15-6-4-10-19(11-8-15)12-9-18-14-16-7-5-13-20-16/h5,7,13,15,18H,4,6,8-12,14H2,1-3H3. The van der Waals surface area contributed by atoms with E-state index in [9.17, 15) is 0 Å². The van der Waals surface area contributed by atoms with Crippen LogP contribution in [-0.4, -0.2) is 31.1 Å². The smallest absolute Gasteiger partial charge is 0.117 e. The minimum Gasteiger partial charge on any atom is -0.468 e. The van der Waals surface area contributed by atoms with Gasteiger partial charge in [-0.2, -0.15) is 0 Å². The van der Waals surface area contributed by atoms with Crippen molar-refractivity contribution in [2.45, 2.75) is 46.6 Å². The SMILES string of the molecule is CC(C)(C)C1CCCN(CCNCc2ccco2)CC1. The predicted octanol–water partition coefficient (Wildman–Crippen LogP) is 3.52. The molecule has 114 valence electrons. The van der Waals surface area contributed by atoms with Crippen LogP contribution in [0.2, 0.25) is 0 Å². The molecular weight excluding hydrogens is 248 g/mol. The van der Waals surface area contributed by atoms with Gasteiger partial charge in [0.2, 0.25) is 0 Å².